The molecule has 1 atom stereocenters. The Morgan fingerprint density at radius 3 is 2.65 bits per heavy atom. The monoisotopic (exact) mass is 300 g/mol. The quantitative estimate of drug-likeness (QED) is 0.874. The molecule has 2 N–H and O–H groups in total. The van der Waals surface area contributed by atoms with E-state index in [0.717, 1.165) is 31.6 Å². The molecule has 0 spiro atoms. The number of nitrogens with two attached hydrogens (primary N) is 1. The number of sulfonamides is 1. The number of aryl methyl sites for hydroxylation is 2. The summed E-state index contributed by atoms with van der Waals surface area (Å²) < 4.78 is 24.0. The molecule has 1 aromatic heterocycles. The highest BCUT2D eigenvalue weighted by molar-refractivity contribution is 7.89. The molecule has 0 unspecified atom stereocenters. The van der Waals surface area contributed by atoms with Crippen LogP contribution in [0, 0.1) is 13.8 Å². The molecule has 2 heterocycles. The van der Waals surface area contributed by atoms with Crippen LogP contribution in [0.1, 0.15) is 42.3 Å². The molecule has 1 saturated heterocycles. The molecule has 1 aliphatic heterocycles. The van der Waals surface area contributed by atoms with Crippen molar-refractivity contribution in [1.82, 2.24) is 14.7 Å². The third kappa shape index (κ3) is 3.39. The Kier molecular flexibility index (Phi) is 4.51. The number of primary sulfonamides is 1. The Balaban J connectivity index is 2.07. The van der Waals surface area contributed by atoms with Crippen LogP contribution in [0.2, 0.25) is 0 Å². The zero-order valence-electron chi connectivity index (χ0n) is 12.5. The highest BCUT2D eigenvalue weighted by atomic mass is 32.2. The fourth-order valence-corrected chi connectivity index (χ4v) is 3.69. The van der Waals surface area contributed by atoms with Gasteiger partial charge in [-0.25, -0.2) is 13.6 Å². The van der Waals surface area contributed by atoms with Crippen LogP contribution in [0.3, 0.4) is 0 Å². The van der Waals surface area contributed by atoms with Gasteiger partial charge in [0.05, 0.1) is 11.4 Å². The average molecular weight is 300 g/mol. The summed E-state index contributed by atoms with van der Waals surface area (Å²) in [5, 5.41) is 9.54. The fourth-order valence-electron chi connectivity index (χ4n) is 3.16. The summed E-state index contributed by atoms with van der Waals surface area (Å²) in [6.45, 7) is 5.93. The molecule has 6 nitrogen and oxygen atoms in total. The van der Waals surface area contributed by atoms with Crippen molar-refractivity contribution in [1.29, 1.82) is 0 Å². The number of hydrogen-bond acceptors (Lipinski definition) is 4. The van der Waals surface area contributed by atoms with Crippen molar-refractivity contribution in [3.63, 3.8) is 0 Å². The van der Waals surface area contributed by atoms with E-state index in [4.69, 9.17) is 5.14 Å². The maximum atomic E-state index is 11.0. The van der Waals surface area contributed by atoms with Crippen molar-refractivity contribution < 1.29 is 8.42 Å². The Hall–Kier alpha value is -0.920. The van der Waals surface area contributed by atoms with Crippen molar-refractivity contribution in [2.45, 2.75) is 39.2 Å². The SMILES string of the molecule is Cc1nn(C)c(C)c1[C@@H]1CCCN1CCCS(N)(=O)=O. The smallest absolute Gasteiger partial charge is 0.209 e. The lowest BCUT2D eigenvalue weighted by atomic mass is 10.0. The first-order valence-electron chi connectivity index (χ1n) is 7.04. The van der Waals surface area contributed by atoms with Crippen LogP contribution >= 0.6 is 0 Å². The van der Waals surface area contributed by atoms with E-state index in [1.165, 1.54) is 11.3 Å². The fraction of sp³-hybridized carbons (Fsp3) is 0.769. The largest absolute Gasteiger partial charge is 0.296 e. The lowest BCUT2D eigenvalue weighted by molar-refractivity contribution is 0.256. The van der Waals surface area contributed by atoms with Crippen molar-refractivity contribution >= 4 is 10.0 Å². The van der Waals surface area contributed by atoms with Gasteiger partial charge in [0.15, 0.2) is 0 Å². The molecule has 0 radical (unpaired) electrons. The Labute approximate surface area is 121 Å². The van der Waals surface area contributed by atoms with Gasteiger partial charge in [0, 0.05) is 24.3 Å². The second-order valence-corrected chi connectivity index (χ2v) is 7.36. The first kappa shape index (κ1) is 15.5. The predicted octanol–water partition coefficient (Wildman–Crippen LogP) is 0.852. The topological polar surface area (TPSA) is 81.2 Å². The van der Waals surface area contributed by atoms with Crippen LogP contribution < -0.4 is 5.14 Å². The number of nitrogens with zero attached hydrogens (tertiary/aromatic N) is 3. The molecule has 0 amide bonds. The van der Waals surface area contributed by atoms with Gasteiger partial charge in [-0.2, -0.15) is 5.10 Å². The minimum atomic E-state index is -3.35. The zero-order chi connectivity index (χ0) is 14.9. The van der Waals surface area contributed by atoms with Crippen LogP contribution in [0.15, 0.2) is 0 Å². The van der Waals surface area contributed by atoms with E-state index in [2.05, 4.69) is 16.9 Å². The van der Waals surface area contributed by atoms with Gasteiger partial charge in [0.1, 0.15) is 0 Å². The van der Waals surface area contributed by atoms with Gasteiger partial charge in [-0.1, -0.05) is 0 Å². The summed E-state index contributed by atoms with van der Waals surface area (Å²) in [6, 6.07) is 0.365. The maximum Gasteiger partial charge on any atom is 0.209 e. The van der Waals surface area contributed by atoms with Crippen molar-refractivity contribution in [3.8, 4) is 0 Å². The lowest BCUT2D eigenvalue weighted by Crippen LogP contribution is -2.27. The molecule has 2 rings (SSSR count). The Morgan fingerprint density at radius 2 is 2.10 bits per heavy atom. The minimum Gasteiger partial charge on any atom is -0.296 e. The summed E-state index contributed by atoms with van der Waals surface area (Å²) in [4.78, 5) is 2.36. The van der Waals surface area contributed by atoms with Crippen LogP contribution in [0.4, 0.5) is 0 Å². The Morgan fingerprint density at radius 1 is 1.40 bits per heavy atom. The lowest BCUT2D eigenvalue weighted by Gasteiger charge is -2.25. The van der Waals surface area contributed by atoms with Gasteiger partial charge in [0.25, 0.3) is 0 Å². The van der Waals surface area contributed by atoms with Crippen LogP contribution in [0.5, 0.6) is 0 Å². The van der Waals surface area contributed by atoms with E-state index >= 15 is 0 Å². The second kappa shape index (κ2) is 5.83. The summed E-state index contributed by atoms with van der Waals surface area (Å²) in [5.41, 5.74) is 3.58. The summed E-state index contributed by atoms with van der Waals surface area (Å²) in [7, 11) is -1.39. The van der Waals surface area contributed by atoms with Crippen molar-refractivity contribution in [2.75, 3.05) is 18.8 Å². The van der Waals surface area contributed by atoms with Crippen molar-refractivity contribution in [2.24, 2.45) is 12.2 Å². The zero-order valence-corrected chi connectivity index (χ0v) is 13.3. The number of aromatic nitrogens is 2. The predicted molar refractivity (Wildman–Crippen MR) is 78.8 cm³/mol. The molecule has 0 aliphatic carbocycles. The van der Waals surface area contributed by atoms with Gasteiger partial charge in [-0.15, -0.1) is 0 Å². The molecule has 1 aliphatic rings. The first-order valence-corrected chi connectivity index (χ1v) is 8.76. The molecule has 7 heteroatoms. The standard InChI is InChI=1S/C13H24N4O2S/c1-10-13(11(2)16(3)15-10)12-6-4-7-17(12)8-5-9-20(14,18)19/h12H,4-9H2,1-3H3,(H2,14,18,19)/t12-/m0/s1. The van der Waals surface area contributed by atoms with Gasteiger partial charge in [0.2, 0.25) is 10.0 Å². The molecule has 0 saturated carbocycles. The van der Waals surface area contributed by atoms with Gasteiger partial charge in [-0.3, -0.25) is 9.58 Å². The van der Waals surface area contributed by atoms with E-state index in [1.807, 2.05) is 18.7 Å². The normalized spacial score (nSPS) is 20.7. The summed E-state index contributed by atoms with van der Waals surface area (Å²) in [5.74, 6) is 0.0568. The van der Waals surface area contributed by atoms with E-state index in [-0.39, 0.29) is 5.75 Å². The maximum absolute atomic E-state index is 11.0. The van der Waals surface area contributed by atoms with Crippen LogP contribution in [-0.4, -0.2) is 41.9 Å². The van der Waals surface area contributed by atoms with Gasteiger partial charge in [-0.05, 0) is 46.2 Å². The Bertz CT molecular complexity index is 579. The highest BCUT2D eigenvalue weighted by Crippen LogP contribution is 2.35. The minimum absolute atomic E-state index is 0.0568. The number of hydrogen-bond donors (Lipinski definition) is 1. The second-order valence-electron chi connectivity index (χ2n) is 5.62. The van der Waals surface area contributed by atoms with E-state index < -0.39 is 10.0 Å². The molecule has 20 heavy (non-hydrogen) atoms. The average Bonchev–Trinajstić information content (AvgIpc) is 2.84. The third-order valence-corrected chi connectivity index (χ3v) is 4.99. The number of likely N-dealkylation sites (tertiary alicyclic amines) is 1. The molecular weight excluding hydrogens is 276 g/mol. The molecule has 0 aromatic carbocycles. The van der Waals surface area contributed by atoms with Crippen molar-refractivity contribution in [3.05, 3.63) is 17.0 Å². The van der Waals surface area contributed by atoms with E-state index in [9.17, 15) is 8.42 Å². The van der Waals surface area contributed by atoms with Crippen LogP contribution in [0.25, 0.3) is 0 Å². The molecular formula is C13H24N4O2S. The molecule has 1 fully saturated rings. The van der Waals surface area contributed by atoms with Gasteiger partial charge >= 0.3 is 0 Å². The summed E-state index contributed by atoms with van der Waals surface area (Å²) >= 11 is 0. The third-order valence-electron chi connectivity index (χ3n) is 4.14. The van der Waals surface area contributed by atoms with Crippen LogP contribution in [-0.2, 0) is 17.1 Å². The van der Waals surface area contributed by atoms with E-state index in [1.54, 1.807) is 0 Å². The summed E-state index contributed by atoms with van der Waals surface area (Å²) in [6.07, 6.45) is 2.85. The first-order chi connectivity index (χ1) is 9.29. The van der Waals surface area contributed by atoms with E-state index in [0.29, 0.717) is 12.5 Å². The number of rotatable bonds is 5. The van der Waals surface area contributed by atoms with Gasteiger partial charge < -0.3 is 0 Å². The molecule has 114 valence electrons. The molecule has 0 bridgehead atoms. The highest BCUT2D eigenvalue weighted by Gasteiger charge is 2.29. The molecule has 1 aromatic rings.